The predicted molar refractivity (Wildman–Crippen MR) is 79.4 cm³/mol. The van der Waals surface area contributed by atoms with Crippen molar-refractivity contribution in [1.82, 2.24) is 20.1 Å². The van der Waals surface area contributed by atoms with Crippen LogP contribution < -0.4 is 5.32 Å². The van der Waals surface area contributed by atoms with Gasteiger partial charge in [-0.25, -0.2) is 4.98 Å². The van der Waals surface area contributed by atoms with Gasteiger partial charge in [-0.15, -0.1) is 0 Å². The third-order valence-electron chi connectivity index (χ3n) is 3.15. The molecule has 0 saturated heterocycles. The molecule has 0 fully saturated rings. The molecular formula is C15H24N4O. The van der Waals surface area contributed by atoms with Crippen LogP contribution in [-0.4, -0.2) is 20.3 Å². The van der Waals surface area contributed by atoms with Crippen molar-refractivity contribution in [2.45, 2.75) is 59.7 Å². The van der Waals surface area contributed by atoms with E-state index < -0.39 is 0 Å². The molecule has 2 rings (SSSR count). The summed E-state index contributed by atoms with van der Waals surface area (Å²) in [5, 5.41) is 8.00. The second kappa shape index (κ2) is 5.79. The summed E-state index contributed by atoms with van der Waals surface area (Å²) in [6.45, 7) is 12.1. The first-order valence-corrected chi connectivity index (χ1v) is 7.19. The molecule has 0 aliphatic heterocycles. The lowest BCUT2D eigenvalue weighted by Crippen LogP contribution is -2.35. The van der Waals surface area contributed by atoms with Gasteiger partial charge in [0.15, 0.2) is 12.2 Å². The van der Waals surface area contributed by atoms with Crippen LogP contribution in [0.5, 0.6) is 0 Å². The largest absolute Gasteiger partial charge is 0.442 e. The first-order valence-electron chi connectivity index (χ1n) is 7.19. The summed E-state index contributed by atoms with van der Waals surface area (Å²) < 4.78 is 7.58. The Morgan fingerprint density at radius 3 is 2.65 bits per heavy atom. The van der Waals surface area contributed by atoms with Crippen LogP contribution in [0, 0.1) is 0 Å². The summed E-state index contributed by atoms with van der Waals surface area (Å²) in [6.07, 6.45) is 2.43. The standard InChI is InChI=1S/C15H24N4O/c1-6-11-8-13(19(7-2)18-11)14-12(16-10-20-14)9-17-15(3,4)5/h8,10,17H,6-7,9H2,1-5H3. The van der Waals surface area contributed by atoms with Gasteiger partial charge in [-0.05, 0) is 40.2 Å². The third kappa shape index (κ3) is 3.28. The number of nitrogens with one attached hydrogen (secondary N) is 1. The molecule has 0 atom stereocenters. The van der Waals surface area contributed by atoms with Crippen LogP contribution in [0.1, 0.15) is 46.0 Å². The van der Waals surface area contributed by atoms with Gasteiger partial charge in [-0.3, -0.25) is 4.68 Å². The van der Waals surface area contributed by atoms with E-state index >= 15 is 0 Å². The van der Waals surface area contributed by atoms with Crippen LogP contribution in [0.4, 0.5) is 0 Å². The van der Waals surface area contributed by atoms with Crippen LogP contribution in [0.15, 0.2) is 16.9 Å². The van der Waals surface area contributed by atoms with Crippen LogP contribution in [0.25, 0.3) is 11.5 Å². The van der Waals surface area contributed by atoms with Crippen molar-refractivity contribution in [1.29, 1.82) is 0 Å². The fourth-order valence-electron chi connectivity index (χ4n) is 2.02. The Bertz CT molecular complexity index is 563. The molecule has 0 saturated carbocycles. The van der Waals surface area contributed by atoms with Gasteiger partial charge in [0.1, 0.15) is 11.4 Å². The summed E-state index contributed by atoms with van der Waals surface area (Å²) in [4.78, 5) is 4.34. The predicted octanol–water partition coefficient (Wildman–Crippen LogP) is 3.01. The van der Waals surface area contributed by atoms with E-state index in [0.29, 0.717) is 6.54 Å². The topological polar surface area (TPSA) is 55.9 Å². The van der Waals surface area contributed by atoms with Gasteiger partial charge in [-0.2, -0.15) is 5.10 Å². The maximum absolute atomic E-state index is 5.60. The molecule has 1 N–H and O–H groups in total. The van der Waals surface area contributed by atoms with E-state index in [0.717, 1.165) is 35.8 Å². The van der Waals surface area contributed by atoms with Crippen molar-refractivity contribution >= 4 is 0 Å². The fraction of sp³-hybridized carbons (Fsp3) is 0.600. The zero-order valence-corrected chi connectivity index (χ0v) is 13.0. The molecule has 0 unspecified atom stereocenters. The average Bonchev–Trinajstić information content (AvgIpc) is 3.00. The molecule has 0 spiro atoms. The van der Waals surface area contributed by atoms with Crippen LogP contribution in [0.3, 0.4) is 0 Å². The molecule has 0 bridgehead atoms. The van der Waals surface area contributed by atoms with E-state index in [1.165, 1.54) is 6.39 Å². The molecule has 0 aliphatic carbocycles. The smallest absolute Gasteiger partial charge is 0.181 e. The highest BCUT2D eigenvalue weighted by molar-refractivity contribution is 5.56. The van der Waals surface area contributed by atoms with E-state index in [4.69, 9.17) is 4.42 Å². The number of aromatic nitrogens is 3. The lowest BCUT2D eigenvalue weighted by molar-refractivity contribution is 0.421. The Hall–Kier alpha value is -1.62. The molecular weight excluding hydrogens is 252 g/mol. The Labute approximate surface area is 120 Å². The number of aryl methyl sites for hydroxylation is 2. The number of oxazole rings is 1. The fourth-order valence-corrected chi connectivity index (χ4v) is 2.02. The highest BCUT2D eigenvalue weighted by Crippen LogP contribution is 2.24. The zero-order chi connectivity index (χ0) is 14.8. The lowest BCUT2D eigenvalue weighted by Gasteiger charge is -2.19. The van der Waals surface area contributed by atoms with Crippen molar-refractivity contribution in [3.63, 3.8) is 0 Å². The summed E-state index contributed by atoms with van der Waals surface area (Å²) >= 11 is 0. The van der Waals surface area contributed by atoms with E-state index in [9.17, 15) is 0 Å². The van der Waals surface area contributed by atoms with Crippen LogP contribution in [0.2, 0.25) is 0 Å². The first kappa shape index (κ1) is 14.8. The van der Waals surface area contributed by atoms with Crippen molar-refractivity contribution in [3.05, 3.63) is 23.8 Å². The van der Waals surface area contributed by atoms with E-state index in [1.807, 2.05) is 4.68 Å². The molecule has 5 nitrogen and oxygen atoms in total. The Kier molecular flexibility index (Phi) is 4.28. The summed E-state index contributed by atoms with van der Waals surface area (Å²) in [5.41, 5.74) is 3.06. The maximum atomic E-state index is 5.60. The van der Waals surface area contributed by atoms with E-state index in [2.05, 4.69) is 56.1 Å². The van der Waals surface area contributed by atoms with Gasteiger partial charge in [-0.1, -0.05) is 6.92 Å². The molecule has 0 amide bonds. The zero-order valence-electron chi connectivity index (χ0n) is 13.0. The van der Waals surface area contributed by atoms with Gasteiger partial charge in [0, 0.05) is 18.6 Å². The molecule has 110 valence electrons. The Morgan fingerprint density at radius 1 is 1.30 bits per heavy atom. The number of hydrogen-bond donors (Lipinski definition) is 1. The minimum atomic E-state index is 0.0514. The van der Waals surface area contributed by atoms with Gasteiger partial charge in [0.05, 0.1) is 5.69 Å². The second-order valence-corrected chi connectivity index (χ2v) is 5.92. The second-order valence-electron chi connectivity index (χ2n) is 5.92. The normalized spacial score (nSPS) is 12.1. The quantitative estimate of drug-likeness (QED) is 0.912. The third-order valence-corrected chi connectivity index (χ3v) is 3.15. The summed E-state index contributed by atoms with van der Waals surface area (Å²) in [7, 11) is 0. The van der Waals surface area contributed by atoms with Crippen molar-refractivity contribution in [2.75, 3.05) is 0 Å². The van der Waals surface area contributed by atoms with Gasteiger partial charge in [0.2, 0.25) is 0 Å². The van der Waals surface area contributed by atoms with E-state index in [1.54, 1.807) is 0 Å². The molecule has 0 aliphatic rings. The highest BCUT2D eigenvalue weighted by Gasteiger charge is 2.18. The molecule has 2 aromatic heterocycles. The summed E-state index contributed by atoms with van der Waals surface area (Å²) in [5.74, 6) is 0.816. The molecule has 0 radical (unpaired) electrons. The number of rotatable bonds is 5. The first-order chi connectivity index (χ1) is 9.44. The monoisotopic (exact) mass is 276 g/mol. The van der Waals surface area contributed by atoms with Crippen molar-refractivity contribution < 1.29 is 4.42 Å². The van der Waals surface area contributed by atoms with Gasteiger partial charge in [0.25, 0.3) is 0 Å². The minimum Gasteiger partial charge on any atom is -0.442 e. The van der Waals surface area contributed by atoms with Crippen LogP contribution in [-0.2, 0) is 19.5 Å². The average molecular weight is 276 g/mol. The van der Waals surface area contributed by atoms with Crippen molar-refractivity contribution in [3.8, 4) is 11.5 Å². The highest BCUT2D eigenvalue weighted by atomic mass is 16.3. The van der Waals surface area contributed by atoms with E-state index in [-0.39, 0.29) is 5.54 Å². The lowest BCUT2D eigenvalue weighted by atomic mass is 10.1. The molecule has 5 heteroatoms. The summed E-state index contributed by atoms with van der Waals surface area (Å²) in [6, 6.07) is 2.09. The maximum Gasteiger partial charge on any atom is 0.181 e. The molecule has 2 heterocycles. The molecule has 0 aromatic carbocycles. The Morgan fingerprint density at radius 2 is 2.05 bits per heavy atom. The van der Waals surface area contributed by atoms with Crippen molar-refractivity contribution in [2.24, 2.45) is 0 Å². The molecule has 20 heavy (non-hydrogen) atoms. The van der Waals surface area contributed by atoms with Crippen LogP contribution >= 0.6 is 0 Å². The van der Waals surface area contributed by atoms with Gasteiger partial charge < -0.3 is 9.73 Å². The number of hydrogen-bond acceptors (Lipinski definition) is 4. The SMILES string of the molecule is CCc1cc(-c2ocnc2CNC(C)(C)C)n(CC)n1. The Balaban J connectivity index is 2.29. The number of nitrogens with zero attached hydrogens (tertiary/aromatic N) is 3. The van der Waals surface area contributed by atoms with Gasteiger partial charge >= 0.3 is 0 Å². The molecule has 2 aromatic rings. The minimum absolute atomic E-state index is 0.0514.